The molecule has 294 valence electrons. The topological polar surface area (TPSA) is 158 Å². The van der Waals surface area contributed by atoms with Crippen LogP contribution in [0.1, 0.15) is 115 Å². The highest BCUT2D eigenvalue weighted by atomic mass is 32.1. The monoisotopic (exact) mass is 755 g/mol. The van der Waals surface area contributed by atoms with Gasteiger partial charge in [0.15, 0.2) is 6.10 Å². The number of hydrogen-bond donors (Lipinski definition) is 3. The maximum absolute atomic E-state index is 14.3. The number of carbonyl (C=O) groups is 5. The van der Waals surface area contributed by atoms with Gasteiger partial charge in [-0.2, -0.15) is 0 Å². The predicted octanol–water partition coefficient (Wildman–Crippen LogP) is 5.72. The van der Waals surface area contributed by atoms with Crippen LogP contribution in [0.25, 0.3) is 0 Å². The second-order valence-electron chi connectivity index (χ2n) is 16.0. The van der Waals surface area contributed by atoms with Gasteiger partial charge in [0.1, 0.15) is 16.7 Å². The summed E-state index contributed by atoms with van der Waals surface area (Å²) >= 11 is 1.18. The highest BCUT2D eigenvalue weighted by molar-refractivity contribution is 7.09. The minimum absolute atomic E-state index is 0.0226. The zero-order valence-electron chi connectivity index (χ0n) is 33.2. The normalized spacial score (nSPS) is 19.3. The number of carbonyl (C=O) groups excluding carboxylic acids is 4. The molecule has 0 radical (unpaired) electrons. The third kappa shape index (κ3) is 12.6. The minimum atomic E-state index is -0.945. The fourth-order valence-corrected chi connectivity index (χ4v) is 7.78. The Hall–Kier alpha value is -3.84. The maximum Gasteiger partial charge on any atom is 0.306 e. The van der Waals surface area contributed by atoms with Crippen molar-refractivity contribution in [3.8, 4) is 0 Å². The Labute approximate surface area is 319 Å². The SMILES string of the molecule is CC[C@H](C)[C@H](NC(=O)C1CC(C)(C)CCN1C)C(=O)N(C)[C@H](C[C@@H](OC(C)=O)c1nc(C(=O)N[C@@H](Cc2ccccc2)C[C@H](C)C(=O)O)cs1)C(C)C. The van der Waals surface area contributed by atoms with E-state index in [2.05, 4.69) is 34.4 Å². The Bertz CT molecular complexity index is 1550. The van der Waals surface area contributed by atoms with E-state index in [1.807, 2.05) is 65.1 Å². The van der Waals surface area contributed by atoms with Crippen molar-refractivity contribution in [1.82, 2.24) is 25.4 Å². The highest BCUT2D eigenvalue weighted by Crippen LogP contribution is 2.34. The maximum atomic E-state index is 14.3. The lowest BCUT2D eigenvalue weighted by Gasteiger charge is -2.42. The molecule has 3 N–H and O–H groups in total. The van der Waals surface area contributed by atoms with Gasteiger partial charge >= 0.3 is 11.9 Å². The second-order valence-corrected chi connectivity index (χ2v) is 16.9. The van der Waals surface area contributed by atoms with Crippen LogP contribution in [-0.4, -0.2) is 94.4 Å². The fraction of sp³-hybridized carbons (Fsp3) is 0.650. The van der Waals surface area contributed by atoms with Crippen molar-refractivity contribution in [3.63, 3.8) is 0 Å². The number of carboxylic acid groups (broad SMARTS) is 1. The average molecular weight is 756 g/mol. The van der Waals surface area contributed by atoms with E-state index >= 15 is 0 Å². The van der Waals surface area contributed by atoms with Crippen LogP contribution in [0.5, 0.6) is 0 Å². The van der Waals surface area contributed by atoms with Crippen molar-refractivity contribution in [2.24, 2.45) is 23.2 Å². The van der Waals surface area contributed by atoms with Crippen molar-refractivity contribution >= 4 is 41.0 Å². The molecule has 3 rings (SSSR count). The molecule has 1 aromatic heterocycles. The van der Waals surface area contributed by atoms with Crippen LogP contribution in [0, 0.1) is 23.2 Å². The van der Waals surface area contributed by atoms with E-state index in [1.54, 1.807) is 24.3 Å². The molecule has 0 aliphatic carbocycles. The quantitative estimate of drug-likeness (QED) is 0.162. The van der Waals surface area contributed by atoms with Crippen molar-refractivity contribution < 1.29 is 33.8 Å². The molecule has 1 aliphatic rings. The van der Waals surface area contributed by atoms with Gasteiger partial charge in [-0.3, -0.25) is 28.9 Å². The smallest absolute Gasteiger partial charge is 0.306 e. The Morgan fingerprint density at radius 2 is 1.74 bits per heavy atom. The molecule has 53 heavy (non-hydrogen) atoms. The number of likely N-dealkylation sites (tertiary alicyclic amines) is 1. The number of benzene rings is 1. The molecule has 1 aromatic carbocycles. The summed E-state index contributed by atoms with van der Waals surface area (Å²) in [6, 6.07) is 7.60. The molecule has 13 heteroatoms. The number of nitrogens with zero attached hydrogens (tertiary/aromatic N) is 3. The first kappa shape index (κ1) is 43.6. The standard InChI is InChI=1S/C40H61N5O7S/c1-11-25(4)34(43-36(48)32-22-40(7,8)17-18-44(32)9)38(49)45(10)31(24(2)3)21-33(52-27(6)46)37-42-30(23-53-37)35(47)41-29(19-26(5)39(50)51)20-28-15-13-12-14-16-28/h12-16,23-26,29,31-34H,11,17-22H2,1-10H3,(H,41,47)(H,43,48)(H,50,51)/t25-,26-,29+,31+,32?,33+,34-/m0/s1. The van der Waals surface area contributed by atoms with Gasteiger partial charge in [-0.05, 0) is 62.1 Å². The number of piperidine rings is 1. The van der Waals surface area contributed by atoms with Gasteiger partial charge in [-0.25, -0.2) is 4.98 Å². The molecule has 1 saturated heterocycles. The summed E-state index contributed by atoms with van der Waals surface area (Å²) in [7, 11) is 3.67. The van der Waals surface area contributed by atoms with Crippen molar-refractivity contribution in [2.75, 3.05) is 20.6 Å². The van der Waals surface area contributed by atoms with E-state index < -0.39 is 48.0 Å². The lowest BCUT2D eigenvalue weighted by Crippen LogP contribution is -2.59. The van der Waals surface area contributed by atoms with Crippen molar-refractivity contribution in [3.05, 3.63) is 52.0 Å². The molecule has 3 amide bonds. The Morgan fingerprint density at radius 3 is 2.32 bits per heavy atom. The third-order valence-corrected chi connectivity index (χ3v) is 11.6. The first-order valence-electron chi connectivity index (χ1n) is 18.8. The Kier molecular flexibility index (Phi) is 16.0. The molecule has 1 aliphatic heterocycles. The van der Waals surface area contributed by atoms with Crippen LogP contribution in [0.4, 0.5) is 0 Å². The number of likely N-dealkylation sites (N-methyl/N-ethyl adjacent to an activating group) is 2. The lowest BCUT2D eigenvalue weighted by atomic mass is 9.78. The van der Waals surface area contributed by atoms with Crippen LogP contribution in [0.3, 0.4) is 0 Å². The van der Waals surface area contributed by atoms with E-state index in [0.29, 0.717) is 24.3 Å². The summed E-state index contributed by atoms with van der Waals surface area (Å²) in [5.74, 6) is -3.16. The van der Waals surface area contributed by atoms with Gasteiger partial charge in [0.05, 0.1) is 12.0 Å². The first-order chi connectivity index (χ1) is 24.8. The van der Waals surface area contributed by atoms with E-state index in [-0.39, 0.29) is 53.6 Å². The van der Waals surface area contributed by atoms with Gasteiger partial charge in [0.25, 0.3) is 5.91 Å². The first-order valence-corrected chi connectivity index (χ1v) is 19.7. The van der Waals surface area contributed by atoms with Crippen molar-refractivity contribution in [2.45, 2.75) is 124 Å². The van der Waals surface area contributed by atoms with Crippen LogP contribution < -0.4 is 10.6 Å². The van der Waals surface area contributed by atoms with Gasteiger partial charge in [-0.1, -0.05) is 85.2 Å². The van der Waals surface area contributed by atoms with E-state index in [0.717, 1.165) is 18.5 Å². The molecular formula is C40H61N5O7S. The van der Waals surface area contributed by atoms with E-state index in [1.165, 1.54) is 18.3 Å². The molecule has 0 bridgehead atoms. The number of ether oxygens (including phenoxy) is 1. The molecule has 0 saturated carbocycles. The molecule has 0 spiro atoms. The number of thiazole rings is 1. The zero-order chi connectivity index (χ0) is 39.6. The summed E-state index contributed by atoms with van der Waals surface area (Å²) in [6.45, 7) is 16.0. The molecule has 2 heterocycles. The summed E-state index contributed by atoms with van der Waals surface area (Å²) in [5, 5.41) is 17.6. The van der Waals surface area contributed by atoms with Gasteiger partial charge in [-0.15, -0.1) is 11.3 Å². The molecule has 12 nitrogen and oxygen atoms in total. The predicted molar refractivity (Wildman–Crippen MR) is 206 cm³/mol. The summed E-state index contributed by atoms with van der Waals surface area (Å²) in [6.07, 6.45) is 2.44. The Balaban J connectivity index is 1.82. The summed E-state index contributed by atoms with van der Waals surface area (Å²) in [4.78, 5) is 73.8. The van der Waals surface area contributed by atoms with Crippen LogP contribution in [0.15, 0.2) is 35.7 Å². The number of nitrogens with one attached hydrogen (secondary N) is 2. The molecule has 2 aromatic rings. The van der Waals surface area contributed by atoms with Gasteiger partial charge < -0.3 is 25.4 Å². The number of hydrogen-bond acceptors (Lipinski definition) is 9. The summed E-state index contributed by atoms with van der Waals surface area (Å²) < 4.78 is 5.78. The van der Waals surface area contributed by atoms with Crippen molar-refractivity contribution in [1.29, 1.82) is 0 Å². The average Bonchev–Trinajstić information content (AvgIpc) is 3.60. The second kappa shape index (κ2) is 19.5. The largest absolute Gasteiger partial charge is 0.481 e. The lowest BCUT2D eigenvalue weighted by molar-refractivity contribution is -0.149. The molecule has 7 atom stereocenters. The highest BCUT2D eigenvalue weighted by Gasteiger charge is 2.40. The minimum Gasteiger partial charge on any atom is -0.481 e. The number of aromatic nitrogens is 1. The van der Waals surface area contributed by atoms with E-state index in [4.69, 9.17) is 4.74 Å². The number of carboxylic acids is 1. The number of esters is 1. The zero-order valence-corrected chi connectivity index (χ0v) is 34.0. The van der Waals surface area contributed by atoms with Gasteiger partial charge in [0, 0.05) is 37.9 Å². The summed E-state index contributed by atoms with van der Waals surface area (Å²) in [5.41, 5.74) is 1.11. The van der Waals surface area contributed by atoms with E-state index in [9.17, 15) is 29.1 Å². The fourth-order valence-electron chi connectivity index (χ4n) is 6.94. The number of amides is 3. The number of rotatable bonds is 18. The van der Waals surface area contributed by atoms with Crippen LogP contribution >= 0.6 is 11.3 Å². The molecule has 1 unspecified atom stereocenters. The van der Waals surface area contributed by atoms with Crippen LogP contribution in [-0.2, 0) is 30.3 Å². The molecular weight excluding hydrogens is 695 g/mol. The Morgan fingerprint density at radius 1 is 1.08 bits per heavy atom. The molecule has 1 fully saturated rings. The van der Waals surface area contributed by atoms with Gasteiger partial charge in [0.2, 0.25) is 11.8 Å². The number of aliphatic carboxylic acids is 1. The third-order valence-electron chi connectivity index (χ3n) is 10.6. The van der Waals surface area contributed by atoms with Crippen LogP contribution in [0.2, 0.25) is 0 Å².